The normalized spacial score (nSPS) is 10.3. The molecule has 0 atom stereocenters. The molecule has 0 saturated carbocycles. The van der Waals surface area contributed by atoms with Crippen LogP contribution in [0.1, 0.15) is 46.5 Å². The SMILES string of the molecule is C=C(C)C(CCCCC)C(=C)C. The van der Waals surface area contributed by atoms with Crippen molar-refractivity contribution in [2.24, 2.45) is 5.92 Å². The van der Waals surface area contributed by atoms with Crippen LogP contribution in [-0.4, -0.2) is 0 Å². The van der Waals surface area contributed by atoms with Crippen molar-refractivity contribution >= 4 is 0 Å². The van der Waals surface area contributed by atoms with Gasteiger partial charge in [0.05, 0.1) is 0 Å². The predicted molar refractivity (Wildman–Crippen MR) is 57.3 cm³/mol. The van der Waals surface area contributed by atoms with Crippen LogP contribution in [0.25, 0.3) is 0 Å². The molecule has 0 heterocycles. The van der Waals surface area contributed by atoms with E-state index in [0.717, 1.165) is 0 Å². The summed E-state index contributed by atoms with van der Waals surface area (Å²) in [6.07, 6.45) is 5.16. The molecule has 0 aliphatic rings. The van der Waals surface area contributed by atoms with Crippen LogP contribution in [0.15, 0.2) is 24.3 Å². The van der Waals surface area contributed by atoms with Gasteiger partial charge in [0.2, 0.25) is 0 Å². The van der Waals surface area contributed by atoms with Crippen LogP contribution >= 0.6 is 0 Å². The average Bonchev–Trinajstić information content (AvgIpc) is 1.96. The first kappa shape index (κ1) is 11.5. The Kier molecular flexibility index (Phi) is 5.79. The van der Waals surface area contributed by atoms with Crippen LogP contribution in [0.4, 0.5) is 0 Å². The Bertz CT molecular complexity index is 139. The summed E-state index contributed by atoms with van der Waals surface area (Å²) in [6, 6.07) is 0. The van der Waals surface area contributed by atoms with E-state index < -0.39 is 0 Å². The van der Waals surface area contributed by atoms with Crippen LogP contribution in [0, 0.1) is 5.92 Å². The molecule has 0 nitrogen and oxygen atoms in total. The van der Waals surface area contributed by atoms with E-state index in [1.165, 1.54) is 36.8 Å². The molecule has 0 radical (unpaired) electrons. The van der Waals surface area contributed by atoms with E-state index in [1.54, 1.807) is 0 Å². The Labute approximate surface area is 77.4 Å². The second-order valence-electron chi connectivity index (χ2n) is 3.74. The number of unbranched alkanes of at least 4 members (excludes halogenated alkanes) is 2. The molecule has 0 rings (SSSR count). The molecule has 12 heavy (non-hydrogen) atoms. The van der Waals surface area contributed by atoms with Gasteiger partial charge in [-0.05, 0) is 26.2 Å². The highest BCUT2D eigenvalue weighted by atomic mass is 14.1. The highest BCUT2D eigenvalue weighted by molar-refractivity contribution is 5.12. The molecule has 0 amide bonds. The van der Waals surface area contributed by atoms with E-state index in [-0.39, 0.29) is 0 Å². The molecule has 0 aromatic heterocycles. The Morgan fingerprint density at radius 2 is 1.58 bits per heavy atom. The van der Waals surface area contributed by atoms with Gasteiger partial charge in [0.25, 0.3) is 0 Å². The van der Waals surface area contributed by atoms with E-state index in [9.17, 15) is 0 Å². The molecular formula is C12H22. The van der Waals surface area contributed by atoms with Gasteiger partial charge in [-0.1, -0.05) is 50.5 Å². The standard InChI is InChI=1S/C12H22/c1-6-7-8-9-12(10(2)3)11(4)5/h12H,2,4,6-9H2,1,3,5H3. The third kappa shape index (κ3) is 4.38. The minimum atomic E-state index is 0.552. The molecule has 70 valence electrons. The zero-order valence-corrected chi connectivity index (χ0v) is 8.82. The smallest absolute Gasteiger partial charge is 0.000399 e. The lowest BCUT2D eigenvalue weighted by Crippen LogP contribution is -2.02. The van der Waals surface area contributed by atoms with Crippen LogP contribution in [-0.2, 0) is 0 Å². The summed E-state index contributed by atoms with van der Waals surface area (Å²) in [5.41, 5.74) is 2.53. The van der Waals surface area contributed by atoms with E-state index >= 15 is 0 Å². The lowest BCUT2D eigenvalue weighted by atomic mass is 9.89. The first-order valence-corrected chi connectivity index (χ1v) is 4.90. The zero-order chi connectivity index (χ0) is 9.56. The molecule has 0 fully saturated rings. The molecule has 0 N–H and O–H groups in total. The summed E-state index contributed by atoms with van der Waals surface area (Å²) in [5, 5.41) is 0. The molecular weight excluding hydrogens is 144 g/mol. The lowest BCUT2D eigenvalue weighted by Gasteiger charge is -2.16. The number of rotatable bonds is 6. The van der Waals surface area contributed by atoms with Crippen molar-refractivity contribution in [3.63, 3.8) is 0 Å². The van der Waals surface area contributed by atoms with Gasteiger partial charge in [0.15, 0.2) is 0 Å². The maximum Gasteiger partial charge on any atom is -0.000399 e. The molecule has 0 heteroatoms. The van der Waals surface area contributed by atoms with Crippen molar-refractivity contribution in [3.05, 3.63) is 24.3 Å². The third-order valence-corrected chi connectivity index (χ3v) is 2.29. The number of allylic oxidation sites excluding steroid dienone is 2. The Balaban J connectivity index is 3.80. The summed E-state index contributed by atoms with van der Waals surface area (Å²) in [4.78, 5) is 0. The molecule has 0 spiro atoms. The topological polar surface area (TPSA) is 0 Å². The van der Waals surface area contributed by atoms with Crippen molar-refractivity contribution < 1.29 is 0 Å². The number of hydrogen-bond acceptors (Lipinski definition) is 0. The van der Waals surface area contributed by atoms with Crippen molar-refractivity contribution in [2.45, 2.75) is 46.5 Å². The highest BCUT2D eigenvalue weighted by Crippen LogP contribution is 2.23. The van der Waals surface area contributed by atoms with Crippen LogP contribution in [0.5, 0.6) is 0 Å². The largest absolute Gasteiger partial charge is 0.0995 e. The fourth-order valence-electron chi connectivity index (χ4n) is 1.51. The van der Waals surface area contributed by atoms with E-state index in [4.69, 9.17) is 0 Å². The molecule has 0 aromatic rings. The van der Waals surface area contributed by atoms with Gasteiger partial charge in [-0.15, -0.1) is 0 Å². The number of hydrogen-bond donors (Lipinski definition) is 0. The first-order chi connectivity index (χ1) is 5.59. The molecule has 0 saturated heterocycles. The highest BCUT2D eigenvalue weighted by Gasteiger charge is 2.08. The minimum absolute atomic E-state index is 0.552. The Morgan fingerprint density at radius 3 is 1.92 bits per heavy atom. The summed E-state index contributed by atoms with van der Waals surface area (Å²) >= 11 is 0. The van der Waals surface area contributed by atoms with E-state index in [1.807, 2.05) is 0 Å². The van der Waals surface area contributed by atoms with Crippen molar-refractivity contribution in [1.29, 1.82) is 0 Å². The second-order valence-corrected chi connectivity index (χ2v) is 3.74. The molecule has 0 unspecified atom stereocenters. The quantitative estimate of drug-likeness (QED) is 0.407. The maximum absolute atomic E-state index is 3.99. The van der Waals surface area contributed by atoms with Gasteiger partial charge in [-0.25, -0.2) is 0 Å². The maximum atomic E-state index is 3.99. The summed E-state index contributed by atoms with van der Waals surface area (Å²) in [5.74, 6) is 0.552. The fraction of sp³-hybridized carbons (Fsp3) is 0.667. The third-order valence-electron chi connectivity index (χ3n) is 2.29. The average molecular weight is 166 g/mol. The summed E-state index contributed by atoms with van der Waals surface area (Å²) in [7, 11) is 0. The van der Waals surface area contributed by atoms with Crippen molar-refractivity contribution in [1.82, 2.24) is 0 Å². The Hall–Kier alpha value is -0.520. The lowest BCUT2D eigenvalue weighted by molar-refractivity contribution is 0.574. The predicted octanol–water partition coefficient (Wildman–Crippen LogP) is 4.34. The van der Waals surface area contributed by atoms with Gasteiger partial charge in [0, 0.05) is 0 Å². The molecule has 0 bridgehead atoms. The van der Waals surface area contributed by atoms with Gasteiger partial charge < -0.3 is 0 Å². The fourth-order valence-corrected chi connectivity index (χ4v) is 1.51. The van der Waals surface area contributed by atoms with E-state index in [2.05, 4.69) is 33.9 Å². The zero-order valence-electron chi connectivity index (χ0n) is 8.82. The summed E-state index contributed by atoms with van der Waals surface area (Å²) in [6.45, 7) is 14.4. The monoisotopic (exact) mass is 166 g/mol. The van der Waals surface area contributed by atoms with Crippen LogP contribution < -0.4 is 0 Å². The Morgan fingerprint density at radius 1 is 1.08 bits per heavy atom. The van der Waals surface area contributed by atoms with Gasteiger partial charge in [-0.3, -0.25) is 0 Å². The molecule has 0 aliphatic heterocycles. The molecule has 0 aromatic carbocycles. The summed E-state index contributed by atoms with van der Waals surface area (Å²) < 4.78 is 0. The van der Waals surface area contributed by atoms with E-state index in [0.29, 0.717) is 5.92 Å². The van der Waals surface area contributed by atoms with Crippen LogP contribution in [0.3, 0.4) is 0 Å². The van der Waals surface area contributed by atoms with Crippen LogP contribution in [0.2, 0.25) is 0 Å². The first-order valence-electron chi connectivity index (χ1n) is 4.90. The van der Waals surface area contributed by atoms with Gasteiger partial charge >= 0.3 is 0 Å². The second kappa shape index (κ2) is 6.05. The molecule has 0 aliphatic carbocycles. The minimum Gasteiger partial charge on any atom is -0.0995 e. The van der Waals surface area contributed by atoms with Crippen molar-refractivity contribution in [2.75, 3.05) is 0 Å². The van der Waals surface area contributed by atoms with Gasteiger partial charge in [-0.2, -0.15) is 0 Å². The van der Waals surface area contributed by atoms with Crippen molar-refractivity contribution in [3.8, 4) is 0 Å². The van der Waals surface area contributed by atoms with Gasteiger partial charge in [0.1, 0.15) is 0 Å².